The van der Waals surface area contributed by atoms with Gasteiger partial charge in [0.2, 0.25) is 5.91 Å². The molecule has 0 bridgehead atoms. The first kappa shape index (κ1) is 26.4. The van der Waals surface area contributed by atoms with Crippen molar-refractivity contribution in [1.29, 1.82) is 0 Å². The van der Waals surface area contributed by atoms with E-state index in [1.165, 1.54) is 0 Å². The van der Waals surface area contributed by atoms with Crippen molar-refractivity contribution in [1.82, 2.24) is 0 Å². The van der Waals surface area contributed by atoms with Crippen molar-refractivity contribution in [3.63, 3.8) is 0 Å². The average molecular weight is 573 g/mol. The number of nitrogens with one attached hydrogen (secondary N) is 1. The van der Waals surface area contributed by atoms with E-state index >= 15 is 0 Å². The lowest BCUT2D eigenvalue weighted by Gasteiger charge is -2.39. The number of ketones is 2. The van der Waals surface area contributed by atoms with Gasteiger partial charge in [0.15, 0.2) is 11.6 Å². The van der Waals surface area contributed by atoms with Gasteiger partial charge in [-0.25, -0.2) is 0 Å². The minimum Gasteiger partial charge on any atom is -0.352 e. The number of allylic oxidation sites excluding steroid dienone is 1. The molecule has 6 heteroatoms. The first-order chi connectivity index (χ1) is 20.2. The van der Waals surface area contributed by atoms with Gasteiger partial charge in [0.25, 0.3) is 0 Å². The van der Waals surface area contributed by atoms with E-state index < -0.39 is 23.4 Å². The highest BCUT2D eigenvalue weighted by Crippen LogP contribution is 2.59. The molecule has 1 N–H and O–H groups in total. The van der Waals surface area contributed by atoms with Crippen LogP contribution in [0.25, 0.3) is 5.57 Å². The Bertz CT molecular complexity index is 1840. The fraction of sp³-hybridized carbons (Fsp3) is 0.194. The topological polar surface area (TPSA) is 66.5 Å². The standard InChI is InChI=1S/C36H29ClN2O3/c1-20-12-15-23(16-13-20)33(40)32-31(34(41)24-8-4-6-10-27(24)37)36(26-9-5-7-11-28(26)38-35(36)42)30-19-22(3)25-18-21(2)14-17-29(25)39(30)32/h4-19,30-32H,1-3H3,(H,38,42)/t30-,31+,32-,36+/m0/s1. The monoisotopic (exact) mass is 572 g/mol. The van der Waals surface area contributed by atoms with E-state index in [-0.39, 0.29) is 17.5 Å². The number of nitrogens with zero attached hydrogens (tertiary/aromatic N) is 1. The van der Waals surface area contributed by atoms with Crippen LogP contribution in [0.2, 0.25) is 5.02 Å². The summed E-state index contributed by atoms with van der Waals surface area (Å²) in [6, 6.07) is 26.4. The van der Waals surface area contributed by atoms with Gasteiger partial charge < -0.3 is 10.2 Å². The number of benzene rings is 4. The first-order valence-electron chi connectivity index (χ1n) is 14.1. The number of Topliss-reactive ketones (excluding diaryl/α,β-unsaturated/α-hetero) is 2. The normalized spacial score (nSPS) is 23.6. The number of para-hydroxylation sites is 1. The zero-order chi connectivity index (χ0) is 29.3. The Hall–Kier alpha value is -4.48. The number of hydrogen-bond acceptors (Lipinski definition) is 4. The Morgan fingerprint density at radius 1 is 0.833 bits per heavy atom. The average Bonchev–Trinajstić information content (AvgIpc) is 3.45. The molecule has 42 heavy (non-hydrogen) atoms. The van der Waals surface area contributed by atoms with E-state index in [0.717, 1.165) is 28.0 Å². The van der Waals surface area contributed by atoms with Crippen LogP contribution in [0.1, 0.15) is 49.9 Å². The Morgan fingerprint density at radius 3 is 2.29 bits per heavy atom. The summed E-state index contributed by atoms with van der Waals surface area (Å²) >= 11 is 6.63. The number of carbonyl (C=O) groups excluding carboxylic acids is 3. The van der Waals surface area contributed by atoms with Crippen LogP contribution in [0.15, 0.2) is 97.1 Å². The van der Waals surface area contributed by atoms with Gasteiger partial charge in [-0.2, -0.15) is 0 Å². The lowest BCUT2D eigenvalue weighted by molar-refractivity contribution is -0.121. The van der Waals surface area contributed by atoms with Gasteiger partial charge >= 0.3 is 0 Å². The largest absolute Gasteiger partial charge is 0.352 e. The van der Waals surface area contributed by atoms with Crippen LogP contribution in [0.4, 0.5) is 11.4 Å². The van der Waals surface area contributed by atoms with Gasteiger partial charge in [0.05, 0.1) is 17.0 Å². The summed E-state index contributed by atoms with van der Waals surface area (Å²) in [5, 5.41) is 3.37. The summed E-state index contributed by atoms with van der Waals surface area (Å²) in [6.45, 7) is 6.03. The molecule has 0 radical (unpaired) electrons. The molecule has 1 saturated heterocycles. The number of fused-ring (bicyclic) bond motifs is 6. The minimum absolute atomic E-state index is 0.209. The third-order valence-electron chi connectivity index (χ3n) is 9.16. The molecule has 4 aromatic rings. The SMILES string of the molecule is CC1=C[C@@H]2N(c3ccc(C)cc31)[C@H](C(=O)c1ccc(C)cc1)[C@H](C(=O)c1ccccc1Cl)[C@]21C(=O)Nc2ccccc21. The van der Waals surface area contributed by atoms with Crippen molar-refractivity contribution in [3.05, 3.63) is 135 Å². The molecule has 1 spiro atoms. The second-order valence-corrected chi connectivity index (χ2v) is 12.0. The maximum atomic E-state index is 14.9. The first-order valence-corrected chi connectivity index (χ1v) is 14.5. The van der Waals surface area contributed by atoms with Gasteiger partial charge in [0, 0.05) is 28.1 Å². The maximum Gasteiger partial charge on any atom is 0.238 e. The van der Waals surface area contributed by atoms with Gasteiger partial charge in [0.1, 0.15) is 11.5 Å². The Balaban J connectivity index is 1.57. The molecule has 5 nitrogen and oxygen atoms in total. The van der Waals surface area contributed by atoms with Crippen molar-refractivity contribution < 1.29 is 14.4 Å². The molecule has 3 aliphatic rings. The third-order valence-corrected chi connectivity index (χ3v) is 9.49. The molecule has 3 heterocycles. The van der Waals surface area contributed by atoms with Gasteiger partial charge in [-0.05, 0) is 62.2 Å². The van der Waals surface area contributed by atoms with E-state index in [1.54, 1.807) is 36.4 Å². The molecule has 208 valence electrons. The highest BCUT2D eigenvalue weighted by molar-refractivity contribution is 6.34. The summed E-state index contributed by atoms with van der Waals surface area (Å²) < 4.78 is 0. The lowest BCUT2D eigenvalue weighted by Crippen LogP contribution is -2.51. The van der Waals surface area contributed by atoms with Crippen LogP contribution in [-0.4, -0.2) is 29.6 Å². The molecule has 0 aromatic heterocycles. The summed E-state index contributed by atoms with van der Waals surface area (Å²) in [6.07, 6.45) is 2.07. The molecular formula is C36H29ClN2O3. The third kappa shape index (κ3) is 3.59. The smallest absolute Gasteiger partial charge is 0.238 e. The van der Waals surface area contributed by atoms with Crippen LogP contribution in [0, 0.1) is 19.8 Å². The number of hydrogen-bond donors (Lipinski definition) is 1. The van der Waals surface area contributed by atoms with Crippen molar-refractivity contribution in [2.75, 3.05) is 10.2 Å². The number of aryl methyl sites for hydroxylation is 2. The van der Waals surface area contributed by atoms with E-state index in [4.69, 9.17) is 11.6 Å². The highest BCUT2D eigenvalue weighted by atomic mass is 35.5. The van der Waals surface area contributed by atoms with E-state index in [9.17, 15) is 14.4 Å². The van der Waals surface area contributed by atoms with Crippen molar-refractivity contribution in [2.45, 2.75) is 38.3 Å². The molecular weight excluding hydrogens is 544 g/mol. The zero-order valence-electron chi connectivity index (χ0n) is 23.5. The van der Waals surface area contributed by atoms with Crippen molar-refractivity contribution in [3.8, 4) is 0 Å². The predicted molar refractivity (Wildman–Crippen MR) is 166 cm³/mol. The Labute approximate surface area is 249 Å². The molecule has 0 saturated carbocycles. The van der Waals surface area contributed by atoms with E-state index in [2.05, 4.69) is 17.5 Å². The zero-order valence-corrected chi connectivity index (χ0v) is 24.3. The summed E-state index contributed by atoms with van der Waals surface area (Å²) in [5.41, 5.74) is 5.72. The molecule has 1 amide bonds. The van der Waals surface area contributed by atoms with Gasteiger partial charge in [-0.15, -0.1) is 0 Å². The molecule has 1 fully saturated rings. The Morgan fingerprint density at radius 2 is 1.52 bits per heavy atom. The van der Waals surface area contributed by atoms with Crippen molar-refractivity contribution in [2.24, 2.45) is 5.92 Å². The van der Waals surface area contributed by atoms with E-state index in [1.807, 2.05) is 74.2 Å². The molecule has 4 atom stereocenters. The summed E-state index contributed by atoms with van der Waals surface area (Å²) in [7, 11) is 0. The lowest BCUT2D eigenvalue weighted by atomic mass is 9.64. The molecule has 7 rings (SSSR count). The number of halogens is 1. The molecule has 4 aromatic carbocycles. The van der Waals surface area contributed by atoms with Gasteiger partial charge in [-0.3, -0.25) is 14.4 Å². The fourth-order valence-corrected chi connectivity index (χ4v) is 7.49. The van der Waals surface area contributed by atoms with Crippen LogP contribution in [-0.2, 0) is 10.2 Å². The number of anilines is 2. The quantitative estimate of drug-likeness (QED) is 0.263. The Kier molecular flexibility index (Phi) is 6.00. The second kappa shape index (κ2) is 9.53. The van der Waals surface area contributed by atoms with Gasteiger partial charge in [-0.1, -0.05) is 89.5 Å². The highest BCUT2D eigenvalue weighted by Gasteiger charge is 2.70. The number of amides is 1. The molecule has 0 unspecified atom stereocenters. The van der Waals surface area contributed by atoms with Crippen LogP contribution < -0.4 is 10.2 Å². The number of rotatable bonds is 4. The second-order valence-electron chi connectivity index (χ2n) is 11.6. The summed E-state index contributed by atoms with van der Waals surface area (Å²) in [5.74, 6) is -1.88. The fourth-order valence-electron chi connectivity index (χ4n) is 7.26. The predicted octanol–water partition coefficient (Wildman–Crippen LogP) is 7.20. The van der Waals surface area contributed by atoms with Crippen LogP contribution in [0.5, 0.6) is 0 Å². The van der Waals surface area contributed by atoms with Crippen molar-refractivity contribution >= 4 is 46.0 Å². The minimum atomic E-state index is -1.37. The van der Waals surface area contributed by atoms with E-state index in [0.29, 0.717) is 27.4 Å². The molecule has 3 aliphatic heterocycles. The van der Waals surface area contributed by atoms with Crippen LogP contribution >= 0.6 is 11.6 Å². The number of carbonyl (C=O) groups is 3. The maximum absolute atomic E-state index is 14.9. The van der Waals surface area contributed by atoms with Crippen LogP contribution in [0.3, 0.4) is 0 Å². The summed E-state index contributed by atoms with van der Waals surface area (Å²) in [4.78, 5) is 46.2. The molecule has 0 aliphatic carbocycles.